The summed E-state index contributed by atoms with van der Waals surface area (Å²) in [6.45, 7) is 1.69. The molecule has 12 heavy (non-hydrogen) atoms. The first-order valence-corrected chi connectivity index (χ1v) is 5.10. The molecule has 2 unspecified atom stereocenters. The van der Waals surface area contributed by atoms with Gasteiger partial charge in [-0.05, 0) is 25.5 Å². The Labute approximate surface area is 76.5 Å². The first kappa shape index (κ1) is 9.40. The number of carbonyl (C=O) groups is 1. The summed E-state index contributed by atoms with van der Waals surface area (Å²) in [7, 11) is 0. The molecule has 4 heteroatoms. The highest BCUT2D eigenvalue weighted by Gasteiger charge is 2.23. The average Bonchev–Trinajstić information content (AvgIpc) is 2.56. The fourth-order valence-electron chi connectivity index (χ4n) is 1.12. The van der Waals surface area contributed by atoms with Gasteiger partial charge in [0.2, 0.25) is 5.91 Å². The lowest BCUT2D eigenvalue weighted by Gasteiger charge is -2.10. The lowest BCUT2D eigenvalue weighted by molar-refractivity contribution is -0.120. The summed E-state index contributed by atoms with van der Waals surface area (Å²) in [5.74, 6) is 1.09. The maximum atomic E-state index is 11.3. The van der Waals surface area contributed by atoms with Crippen LogP contribution in [0.3, 0.4) is 0 Å². The van der Waals surface area contributed by atoms with Crippen LogP contribution in [0.4, 0.5) is 0 Å². The van der Waals surface area contributed by atoms with Crippen molar-refractivity contribution in [3.05, 3.63) is 0 Å². The lowest BCUT2D eigenvalue weighted by Crippen LogP contribution is -2.37. The number of amides is 1. The molecule has 0 aliphatic carbocycles. The minimum Gasteiger partial charge on any atom is -0.340 e. The largest absolute Gasteiger partial charge is 0.340 e. The zero-order valence-electron chi connectivity index (χ0n) is 7.04. The SMILES string of the molecule is CC(C#N)NC(=O)C1CCCS1. The van der Waals surface area contributed by atoms with Crippen molar-refractivity contribution in [3.63, 3.8) is 0 Å². The van der Waals surface area contributed by atoms with Gasteiger partial charge in [0.1, 0.15) is 6.04 Å². The summed E-state index contributed by atoms with van der Waals surface area (Å²) < 4.78 is 0. The van der Waals surface area contributed by atoms with Crippen molar-refractivity contribution in [3.8, 4) is 6.07 Å². The van der Waals surface area contributed by atoms with Crippen molar-refractivity contribution in [1.29, 1.82) is 5.26 Å². The van der Waals surface area contributed by atoms with Crippen LogP contribution in [0.15, 0.2) is 0 Å². The third-order valence-electron chi connectivity index (χ3n) is 1.77. The van der Waals surface area contributed by atoms with Crippen LogP contribution in [0.2, 0.25) is 0 Å². The van der Waals surface area contributed by atoms with E-state index in [2.05, 4.69) is 5.32 Å². The van der Waals surface area contributed by atoms with Crippen molar-refractivity contribution in [1.82, 2.24) is 5.32 Å². The molecule has 0 saturated carbocycles. The van der Waals surface area contributed by atoms with Crippen LogP contribution in [-0.4, -0.2) is 23.0 Å². The van der Waals surface area contributed by atoms with E-state index in [0.717, 1.165) is 18.6 Å². The summed E-state index contributed by atoms with van der Waals surface area (Å²) in [6.07, 6.45) is 2.07. The normalized spacial score (nSPS) is 24.5. The number of nitriles is 1. The second kappa shape index (κ2) is 4.36. The van der Waals surface area contributed by atoms with Gasteiger partial charge in [-0.2, -0.15) is 5.26 Å². The molecule has 0 aromatic heterocycles. The van der Waals surface area contributed by atoms with E-state index in [1.54, 1.807) is 18.7 Å². The van der Waals surface area contributed by atoms with E-state index >= 15 is 0 Å². The number of nitrogens with one attached hydrogen (secondary N) is 1. The molecule has 1 N–H and O–H groups in total. The predicted octanol–water partition coefficient (Wildman–Crippen LogP) is 0.910. The molecule has 0 bridgehead atoms. The quantitative estimate of drug-likeness (QED) is 0.694. The Morgan fingerprint density at radius 1 is 1.83 bits per heavy atom. The third-order valence-corrected chi connectivity index (χ3v) is 3.15. The summed E-state index contributed by atoms with van der Waals surface area (Å²) in [6, 6.07) is 1.62. The van der Waals surface area contributed by atoms with Crippen LogP contribution in [0.25, 0.3) is 0 Å². The molecule has 1 saturated heterocycles. The zero-order chi connectivity index (χ0) is 8.97. The first-order valence-electron chi connectivity index (χ1n) is 4.05. The Morgan fingerprint density at radius 3 is 3.08 bits per heavy atom. The van der Waals surface area contributed by atoms with Crippen LogP contribution < -0.4 is 5.32 Å². The molecule has 3 nitrogen and oxygen atoms in total. The standard InChI is InChI=1S/C8H12N2OS/c1-6(5-9)10-8(11)7-3-2-4-12-7/h6-7H,2-4H2,1H3,(H,10,11). The maximum Gasteiger partial charge on any atom is 0.234 e. The van der Waals surface area contributed by atoms with Crippen molar-refractivity contribution in [2.75, 3.05) is 5.75 Å². The van der Waals surface area contributed by atoms with E-state index in [0.29, 0.717) is 0 Å². The minimum atomic E-state index is -0.362. The molecule has 2 atom stereocenters. The van der Waals surface area contributed by atoms with Crippen LogP contribution in [0.5, 0.6) is 0 Å². The van der Waals surface area contributed by atoms with Gasteiger partial charge in [-0.25, -0.2) is 0 Å². The van der Waals surface area contributed by atoms with Crippen LogP contribution in [-0.2, 0) is 4.79 Å². The van der Waals surface area contributed by atoms with Gasteiger partial charge in [-0.3, -0.25) is 4.79 Å². The van der Waals surface area contributed by atoms with Gasteiger partial charge in [0.25, 0.3) is 0 Å². The molecule has 1 heterocycles. The fraction of sp³-hybridized carbons (Fsp3) is 0.750. The second-order valence-electron chi connectivity index (χ2n) is 2.86. The molecule has 0 spiro atoms. The van der Waals surface area contributed by atoms with Gasteiger partial charge in [-0.15, -0.1) is 11.8 Å². The summed E-state index contributed by atoms with van der Waals surface area (Å²) in [5, 5.41) is 11.2. The predicted molar refractivity (Wildman–Crippen MR) is 48.7 cm³/mol. The molecular formula is C8H12N2OS. The summed E-state index contributed by atoms with van der Waals surface area (Å²) >= 11 is 1.68. The number of hydrogen-bond acceptors (Lipinski definition) is 3. The number of thioether (sulfide) groups is 1. The smallest absolute Gasteiger partial charge is 0.234 e. The topological polar surface area (TPSA) is 52.9 Å². The van der Waals surface area contributed by atoms with Crippen LogP contribution in [0.1, 0.15) is 19.8 Å². The van der Waals surface area contributed by atoms with Crippen molar-refractivity contribution in [2.45, 2.75) is 31.1 Å². The van der Waals surface area contributed by atoms with E-state index < -0.39 is 0 Å². The number of carbonyl (C=O) groups excluding carboxylic acids is 1. The Morgan fingerprint density at radius 2 is 2.58 bits per heavy atom. The molecule has 0 aromatic rings. The van der Waals surface area contributed by atoms with Gasteiger partial charge in [0, 0.05) is 0 Å². The Bertz CT molecular complexity index is 206. The van der Waals surface area contributed by atoms with Crippen LogP contribution in [0, 0.1) is 11.3 Å². The van der Waals surface area contributed by atoms with E-state index in [-0.39, 0.29) is 17.2 Å². The van der Waals surface area contributed by atoms with E-state index in [1.165, 1.54) is 0 Å². The van der Waals surface area contributed by atoms with E-state index in [9.17, 15) is 4.79 Å². The van der Waals surface area contributed by atoms with Crippen molar-refractivity contribution >= 4 is 17.7 Å². The fourth-order valence-corrected chi connectivity index (χ4v) is 2.29. The molecular weight excluding hydrogens is 172 g/mol. The molecule has 1 fully saturated rings. The van der Waals surface area contributed by atoms with Gasteiger partial charge in [-0.1, -0.05) is 0 Å². The molecule has 1 aliphatic rings. The highest BCUT2D eigenvalue weighted by atomic mass is 32.2. The second-order valence-corrected chi connectivity index (χ2v) is 4.17. The highest BCUT2D eigenvalue weighted by molar-refractivity contribution is 8.00. The molecule has 0 aromatic carbocycles. The van der Waals surface area contributed by atoms with Crippen molar-refractivity contribution in [2.24, 2.45) is 0 Å². The zero-order valence-corrected chi connectivity index (χ0v) is 7.86. The summed E-state index contributed by atoms with van der Waals surface area (Å²) in [5.41, 5.74) is 0. The van der Waals surface area contributed by atoms with Gasteiger partial charge in [0.05, 0.1) is 11.3 Å². The van der Waals surface area contributed by atoms with Crippen LogP contribution >= 0.6 is 11.8 Å². The number of rotatable bonds is 2. The van der Waals surface area contributed by atoms with Crippen molar-refractivity contribution < 1.29 is 4.79 Å². The number of nitrogens with zero attached hydrogens (tertiary/aromatic N) is 1. The van der Waals surface area contributed by atoms with Gasteiger partial charge >= 0.3 is 0 Å². The maximum absolute atomic E-state index is 11.3. The Balaban J connectivity index is 2.33. The minimum absolute atomic E-state index is 0.0200. The number of hydrogen-bond donors (Lipinski definition) is 1. The molecule has 1 rings (SSSR count). The van der Waals surface area contributed by atoms with E-state index in [4.69, 9.17) is 5.26 Å². The molecule has 1 amide bonds. The molecule has 1 aliphatic heterocycles. The average molecular weight is 184 g/mol. The molecule has 66 valence electrons. The molecule has 0 radical (unpaired) electrons. The highest BCUT2D eigenvalue weighted by Crippen LogP contribution is 2.25. The summed E-state index contributed by atoms with van der Waals surface area (Å²) in [4.78, 5) is 11.3. The Hall–Kier alpha value is -0.690. The monoisotopic (exact) mass is 184 g/mol. The lowest BCUT2D eigenvalue weighted by atomic mass is 10.2. The van der Waals surface area contributed by atoms with E-state index in [1.807, 2.05) is 6.07 Å². The third kappa shape index (κ3) is 2.42. The Kier molecular flexibility index (Phi) is 3.42. The van der Waals surface area contributed by atoms with Gasteiger partial charge in [0.15, 0.2) is 0 Å². The van der Waals surface area contributed by atoms with Gasteiger partial charge < -0.3 is 5.32 Å². The first-order chi connectivity index (χ1) is 5.74.